The first-order chi connectivity index (χ1) is 13.1. The number of aromatic amines is 1. The molecule has 138 valence electrons. The molecule has 2 aromatic carbocycles. The minimum Gasteiger partial charge on any atom is -0.345 e. The Morgan fingerprint density at radius 3 is 2.63 bits per heavy atom. The SMILES string of the molecule is CCCn1nnc(-c2ccc(C(N)(CN)c3ccc4nc[nH]c4c3)cc2)n1. The standard InChI is InChI=1S/C19H22N8/c1-2-9-27-25-18(24-26-27)13-3-5-14(6-4-13)19(21,11-20)15-7-8-16-17(10-15)23-12-22-16/h3-8,10,12H,2,9,11,20-21H2,1H3,(H,22,23). The molecule has 1 unspecified atom stereocenters. The Balaban J connectivity index is 1.67. The molecule has 1 atom stereocenters. The molecule has 4 aromatic rings. The Bertz CT molecular complexity index is 1050. The highest BCUT2D eigenvalue weighted by Gasteiger charge is 2.28. The van der Waals surface area contributed by atoms with Crippen molar-refractivity contribution < 1.29 is 0 Å². The zero-order chi connectivity index (χ0) is 18.9. The van der Waals surface area contributed by atoms with E-state index in [-0.39, 0.29) is 6.54 Å². The van der Waals surface area contributed by atoms with E-state index < -0.39 is 5.54 Å². The van der Waals surface area contributed by atoms with Crippen molar-refractivity contribution in [1.82, 2.24) is 30.2 Å². The van der Waals surface area contributed by atoms with Crippen molar-refractivity contribution in [3.8, 4) is 11.4 Å². The fraction of sp³-hybridized carbons (Fsp3) is 0.263. The predicted molar refractivity (Wildman–Crippen MR) is 104 cm³/mol. The Morgan fingerprint density at radius 2 is 1.89 bits per heavy atom. The second-order valence-electron chi connectivity index (χ2n) is 6.60. The van der Waals surface area contributed by atoms with Crippen molar-refractivity contribution in [2.45, 2.75) is 25.4 Å². The van der Waals surface area contributed by atoms with Gasteiger partial charge in [-0.05, 0) is 34.9 Å². The van der Waals surface area contributed by atoms with E-state index in [0.29, 0.717) is 5.82 Å². The van der Waals surface area contributed by atoms with Gasteiger partial charge in [0.2, 0.25) is 5.82 Å². The number of fused-ring (bicyclic) bond motifs is 1. The maximum absolute atomic E-state index is 6.73. The lowest BCUT2D eigenvalue weighted by molar-refractivity contribution is 0.515. The molecule has 2 heterocycles. The van der Waals surface area contributed by atoms with Gasteiger partial charge in [-0.2, -0.15) is 4.80 Å². The van der Waals surface area contributed by atoms with Crippen LogP contribution in [0.5, 0.6) is 0 Å². The highest BCUT2D eigenvalue weighted by atomic mass is 15.6. The fourth-order valence-corrected chi connectivity index (χ4v) is 3.19. The van der Waals surface area contributed by atoms with E-state index in [9.17, 15) is 0 Å². The molecule has 0 aliphatic carbocycles. The first-order valence-corrected chi connectivity index (χ1v) is 8.95. The van der Waals surface area contributed by atoms with Crippen molar-refractivity contribution in [3.63, 3.8) is 0 Å². The molecule has 0 aliphatic heterocycles. The van der Waals surface area contributed by atoms with Crippen molar-refractivity contribution >= 4 is 11.0 Å². The monoisotopic (exact) mass is 362 g/mol. The smallest absolute Gasteiger partial charge is 0.204 e. The molecule has 8 heteroatoms. The third kappa shape index (κ3) is 3.09. The molecule has 5 N–H and O–H groups in total. The first kappa shape index (κ1) is 17.3. The number of nitrogens with zero attached hydrogens (tertiary/aromatic N) is 5. The molecule has 0 amide bonds. The number of benzene rings is 2. The van der Waals surface area contributed by atoms with Gasteiger partial charge in [-0.15, -0.1) is 10.2 Å². The summed E-state index contributed by atoms with van der Waals surface area (Å²) in [5, 5.41) is 12.6. The lowest BCUT2D eigenvalue weighted by atomic mass is 9.83. The van der Waals surface area contributed by atoms with Crippen LogP contribution in [0.1, 0.15) is 24.5 Å². The van der Waals surface area contributed by atoms with Gasteiger partial charge in [0.1, 0.15) is 0 Å². The zero-order valence-electron chi connectivity index (χ0n) is 15.1. The third-order valence-corrected chi connectivity index (χ3v) is 4.79. The average molecular weight is 362 g/mol. The topological polar surface area (TPSA) is 124 Å². The summed E-state index contributed by atoms with van der Waals surface area (Å²) in [5.41, 5.74) is 16.6. The largest absolute Gasteiger partial charge is 0.345 e. The number of nitrogens with two attached hydrogens (primary N) is 2. The molecule has 8 nitrogen and oxygen atoms in total. The molecule has 0 fully saturated rings. The summed E-state index contributed by atoms with van der Waals surface area (Å²) < 4.78 is 0. The summed E-state index contributed by atoms with van der Waals surface area (Å²) >= 11 is 0. The molecule has 4 rings (SSSR count). The number of aromatic nitrogens is 6. The maximum Gasteiger partial charge on any atom is 0.204 e. The van der Waals surface area contributed by atoms with Crippen LogP contribution in [0.2, 0.25) is 0 Å². The predicted octanol–water partition coefficient (Wildman–Crippen LogP) is 1.79. The maximum atomic E-state index is 6.73. The second kappa shape index (κ2) is 6.90. The Labute approximate surface area is 156 Å². The molecular formula is C19H22N8. The number of aryl methyl sites for hydroxylation is 1. The van der Waals surface area contributed by atoms with E-state index in [1.54, 1.807) is 11.1 Å². The second-order valence-corrected chi connectivity index (χ2v) is 6.60. The van der Waals surface area contributed by atoms with Gasteiger partial charge < -0.3 is 16.5 Å². The van der Waals surface area contributed by atoms with Gasteiger partial charge in [0.15, 0.2) is 0 Å². The number of imidazole rings is 1. The summed E-state index contributed by atoms with van der Waals surface area (Å²) in [6.07, 6.45) is 2.63. The zero-order valence-corrected chi connectivity index (χ0v) is 15.1. The molecular weight excluding hydrogens is 340 g/mol. The van der Waals surface area contributed by atoms with Gasteiger partial charge in [-0.25, -0.2) is 4.98 Å². The van der Waals surface area contributed by atoms with E-state index in [1.807, 2.05) is 42.5 Å². The van der Waals surface area contributed by atoms with Crippen LogP contribution in [0, 0.1) is 0 Å². The first-order valence-electron chi connectivity index (χ1n) is 8.95. The lowest BCUT2D eigenvalue weighted by Crippen LogP contribution is -2.45. The third-order valence-electron chi connectivity index (χ3n) is 4.79. The van der Waals surface area contributed by atoms with Gasteiger partial charge in [0.25, 0.3) is 0 Å². The summed E-state index contributed by atoms with van der Waals surface area (Å²) in [7, 11) is 0. The van der Waals surface area contributed by atoms with Crippen LogP contribution < -0.4 is 11.5 Å². The Morgan fingerprint density at radius 1 is 1.11 bits per heavy atom. The summed E-state index contributed by atoms with van der Waals surface area (Å²) in [4.78, 5) is 8.98. The molecule has 0 bridgehead atoms. The van der Waals surface area contributed by atoms with Crippen molar-refractivity contribution in [1.29, 1.82) is 0 Å². The minimum atomic E-state index is -0.801. The van der Waals surface area contributed by atoms with Crippen molar-refractivity contribution in [2.24, 2.45) is 11.5 Å². The van der Waals surface area contributed by atoms with Gasteiger partial charge in [0.05, 0.1) is 29.4 Å². The highest BCUT2D eigenvalue weighted by Crippen LogP contribution is 2.29. The lowest BCUT2D eigenvalue weighted by Gasteiger charge is -2.29. The number of rotatable bonds is 6. The van der Waals surface area contributed by atoms with Crippen LogP contribution in [-0.4, -0.2) is 36.7 Å². The van der Waals surface area contributed by atoms with Crippen LogP contribution >= 0.6 is 0 Å². The van der Waals surface area contributed by atoms with E-state index in [4.69, 9.17) is 11.5 Å². The van der Waals surface area contributed by atoms with E-state index in [2.05, 4.69) is 32.3 Å². The van der Waals surface area contributed by atoms with Crippen LogP contribution in [0.15, 0.2) is 48.8 Å². The number of H-pyrrole nitrogens is 1. The van der Waals surface area contributed by atoms with Crippen LogP contribution in [0.3, 0.4) is 0 Å². The number of nitrogens with one attached hydrogen (secondary N) is 1. The molecule has 0 spiro atoms. The van der Waals surface area contributed by atoms with Crippen molar-refractivity contribution in [2.75, 3.05) is 6.54 Å². The van der Waals surface area contributed by atoms with Gasteiger partial charge in [0, 0.05) is 12.1 Å². The Kier molecular flexibility index (Phi) is 4.43. The quantitative estimate of drug-likeness (QED) is 0.480. The Hall–Kier alpha value is -3.10. The normalized spacial score (nSPS) is 13.7. The number of hydrogen-bond donors (Lipinski definition) is 3. The van der Waals surface area contributed by atoms with E-state index in [1.165, 1.54) is 0 Å². The van der Waals surface area contributed by atoms with E-state index in [0.717, 1.165) is 40.7 Å². The summed E-state index contributed by atoms with van der Waals surface area (Å²) in [6.45, 7) is 3.10. The minimum absolute atomic E-state index is 0.275. The van der Waals surface area contributed by atoms with Gasteiger partial charge in [-0.3, -0.25) is 0 Å². The molecule has 0 aliphatic rings. The number of tetrazole rings is 1. The number of hydrogen-bond acceptors (Lipinski definition) is 6. The fourth-order valence-electron chi connectivity index (χ4n) is 3.19. The van der Waals surface area contributed by atoms with E-state index >= 15 is 0 Å². The molecule has 0 saturated heterocycles. The molecule has 2 aromatic heterocycles. The molecule has 0 radical (unpaired) electrons. The van der Waals surface area contributed by atoms with Crippen LogP contribution in [-0.2, 0) is 12.1 Å². The molecule has 27 heavy (non-hydrogen) atoms. The summed E-state index contributed by atoms with van der Waals surface area (Å²) in [5.74, 6) is 0.601. The summed E-state index contributed by atoms with van der Waals surface area (Å²) in [6, 6.07) is 13.8. The van der Waals surface area contributed by atoms with Crippen LogP contribution in [0.25, 0.3) is 22.4 Å². The van der Waals surface area contributed by atoms with Gasteiger partial charge in [-0.1, -0.05) is 37.3 Å². The highest BCUT2D eigenvalue weighted by molar-refractivity contribution is 5.75. The molecule has 0 saturated carbocycles. The average Bonchev–Trinajstić information content (AvgIpc) is 3.36. The van der Waals surface area contributed by atoms with Crippen molar-refractivity contribution in [3.05, 3.63) is 59.9 Å². The van der Waals surface area contributed by atoms with Crippen LogP contribution in [0.4, 0.5) is 0 Å². The van der Waals surface area contributed by atoms with Gasteiger partial charge >= 0.3 is 0 Å².